The summed E-state index contributed by atoms with van der Waals surface area (Å²) in [6.07, 6.45) is 0. The third-order valence-corrected chi connectivity index (χ3v) is 3.72. The molecule has 21 heavy (non-hydrogen) atoms. The van der Waals surface area contributed by atoms with Crippen molar-refractivity contribution in [3.05, 3.63) is 52.5 Å². The second kappa shape index (κ2) is 6.72. The Morgan fingerprint density at radius 1 is 1.00 bits per heavy atom. The molecule has 4 heteroatoms. The van der Waals surface area contributed by atoms with Gasteiger partial charge >= 0.3 is 0 Å². The first-order chi connectivity index (χ1) is 10.0. The van der Waals surface area contributed by atoms with E-state index in [9.17, 15) is 0 Å². The van der Waals surface area contributed by atoms with Gasteiger partial charge in [-0.2, -0.15) is 0 Å². The lowest BCUT2D eigenvalue weighted by Crippen LogP contribution is -2.08. The van der Waals surface area contributed by atoms with Crippen LogP contribution >= 0.6 is 11.6 Å². The van der Waals surface area contributed by atoms with Gasteiger partial charge in [-0.3, -0.25) is 0 Å². The maximum Gasteiger partial charge on any atom is 0.145 e. The van der Waals surface area contributed by atoms with Crippen molar-refractivity contribution in [2.75, 3.05) is 19.5 Å². The zero-order valence-corrected chi connectivity index (χ0v) is 13.5. The molecule has 0 aliphatic heterocycles. The van der Waals surface area contributed by atoms with Crippen LogP contribution < -0.4 is 14.8 Å². The van der Waals surface area contributed by atoms with E-state index in [2.05, 4.69) is 43.4 Å². The topological polar surface area (TPSA) is 30.5 Å². The Morgan fingerprint density at radius 3 is 2.19 bits per heavy atom. The van der Waals surface area contributed by atoms with Gasteiger partial charge in [0, 0.05) is 12.1 Å². The van der Waals surface area contributed by atoms with E-state index in [4.69, 9.17) is 21.1 Å². The highest BCUT2D eigenvalue weighted by Crippen LogP contribution is 2.37. The summed E-state index contributed by atoms with van der Waals surface area (Å²) >= 11 is 6.19. The number of hydrogen-bond acceptors (Lipinski definition) is 3. The van der Waals surface area contributed by atoms with E-state index in [0.717, 1.165) is 5.69 Å². The highest BCUT2D eigenvalue weighted by molar-refractivity contribution is 6.32. The minimum atomic E-state index is 0.143. The third-order valence-electron chi connectivity index (χ3n) is 3.42. The van der Waals surface area contributed by atoms with Gasteiger partial charge in [0.2, 0.25) is 0 Å². The molecular formula is C17H20ClNO2. The highest BCUT2D eigenvalue weighted by atomic mass is 35.5. The molecule has 0 saturated carbocycles. The second-order valence-corrected chi connectivity index (χ2v) is 5.37. The minimum absolute atomic E-state index is 0.143. The Morgan fingerprint density at radius 2 is 1.62 bits per heavy atom. The van der Waals surface area contributed by atoms with Crippen LogP contribution in [0.3, 0.4) is 0 Å². The monoisotopic (exact) mass is 305 g/mol. The maximum atomic E-state index is 6.19. The molecule has 2 aromatic carbocycles. The van der Waals surface area contributed by atoms with E-state index in [1.807, 2.05) is 6.07 Å². The zero-order valence-electron chi connectivity index (χ0n) is 12.7. The average molecular weight is 306 g/mol. The van der Waals surface area contributed by atoms with Crippen LogP contribution in [0.2, 0.25) is 5.02 Å². The van der Waals surface area contributed by atoms with Crippen LogP contribution in [0, 0.1) is 6.92 Å². The molecule has 1 unspecified atom stereocenters. The molecule has 2 aromatic rings. The molecule has 0 aliphatic carbocycles. The Balaban J connectivity index is 2.26. The van der Waals surface area contributed by atoms with Gasteiger partial charge in [-0.15, -0.1) is 0 Å². The largest absolute Gasteiger partial charge is 0.495 e. The summed E-state index contributed by atoms with van der Waals surface area (Å²) in [7, 11) is 3.22. The Bertz CT molecular complexity index is 611. The molecule has 3 nitrogen and oxygen atoms in total. The van der Waals surface area contributed by atoms with E-state index in [0.29, 0.717) is 16.5 Å². The first kappa shape index (κ1) is 15.5. The van der Waals surface area contributed by atoms with Crippen LogP contribution in [0.1, 0.15) is 24.1 Å². The quantitative estimate of drug-likeness (QED) is 0.857. The Kier molecular flexibility index (Phi) is 4.97. The van der Waals surface area contributed by atoms with Gasteiger partial charge in [-0.25, -0.2) is 0 Å². The van der Waals surface area contributed by atoms with E-state index < -0.39 is 0 Å². The molecule has 0 heterocycles. The van der Waals surface area contributed by atoms with Crippen molar-refractivity contribution in [1.29, 1.82) is 0 Å². The van der Waals surface area contributed by atoms with Crippen LogP contribution in [0.25, 0.3) is 0 Å². The lowest BCUT2D eigenvalue weighted by atomic mass is 10.1. The van der Waals surface area contributed by atoms with E-state index >= 15 is 0 Å². The fourth-order valence-corrected chi connectivity index (χ4v) is 2.39. The summed E-state index contributed by atoms with van der Waals surface area (Å²) in [6, 6.07) is 12.2. The highest BCUT2D eigenvalue weighted by Gasteiger charge is 2.13. The second-order valence-electron chi connectivity index (χ2n) is 4.96. The van der Waals surface area contributed by atoms with Gasteiger partial charge in [0.05, 0.1) is 24.9 Å². The Hall–Kier alpha value is -1.87. The van der Waals surface area contributed by atoms with Crippen molar-refractivity contribution >= 4 is 17.3 Å². The summed E-state index contributed by atoms with van der Waals surface area (Å²) in [5.74, 6) is 1.30. The number of ether oxygens (including phenoxy) is 2. The predicted molar refractivity (Wildman–Crippen MR) is 87.8 cm³/mol. The van der Waals surface area contributed by atoms with Gasteiger partial charge in [-0.05, 0) is 25.5 Å². The molecule has 2 rings (SSSR count). The standard InChI is InChI=1S/C17H20ClNO2/c1-11-5-7-13(8-6-11)12(2)19-15-9-14(18)16(20-3)10-17(15)21-4/h5-10,12,19H,1-4H3. The lowest BCUT2D eigenvalue weighted by Gasteiger charge is -2.19. The van der Waals surface area contributed by atoms with E-state index in [-0.39, 0.29) is 6.04 Å². The first-order valence-corrected chi connectivity index (χ1v) is 7.17. The smallest absolute Gasteiger partial charge is 0.145 e. The minimum Gasteiger partial charge on any atom is -0.495 e. The summed E-state index contributed by atoms with van der Waals surface area (Å²) in [5.41, 5.74) is 3.29. The number of anilines is 1. The van der Waals surface area contributed by atoms with Crippen LogP contribution in [-0.4, -0.2) is 14.2 Å². The van der Waals surface area contributed by atoms with Crippen LogP contribution in [0.4, 0.5) is 5.69 Å². The van der Waals surface area contributed by atoms with Gasteiger partial charge in [0.25, 0.3) is 0 Å². The summed E-state index contributed by atoms with van der Waals surface area (Å²) in [4.78, 5) is 0. The molecule has 0 amide bonds. The van der Waals surface area contributed by atoms with Crippen LogP contribution in [0.15, 0.2) is 36.4 Å². The number of rotatable bonds is 5. The zero-order chi connectivity index (χ0) is 15.4. The fraction of sp³-hybridized carbons (Fsp3) is 0.294. The van der Waals surface area contributed by atoms with E-state index in [1.54, 1.807) is 20.3 Å². The van der Waals surface area contributed by atoms with Gasteiger partial charge in [0.15, 0.2) is 0 Å². The summed E-state index contributed by atoms with van der Waals surface area (Å²) in [6.45, 7) is 4.18. The fourth-order valence-electron chi connectivity index (χ4n) is 2.14. The number of nitrogens with one attached hydrogen (secondary N) is 1. The SMILES string of the molecule is COc1cc(OC)c(NC(C)c2ccc(C)cc2)cc1Cl. The summed E-state index contributed by atoms with van der Waals surface area (Å²) < 4.78 is 10.6. The number of methoxy groups -OCH3 is 2. The van der Waals surface area contributed by atoms with Crippen molar-refractivity contribution < 1.29 is 9.47 Å². The molecule has 0 saturated heterocycles. The molecular weight excluding hydrogens is 286 g/mol. The van der Waals surface area contributed by atoms with Gasteiger partial charge in [0.1, 0.15) is 11.5 Å². The normalized spacial score (nSPS) is 11.9. The number of benzene rings is 2. The lowest BCUT2D eigenvalue weighted by molar-refractivity contribution is 0.395. The molecule has 1 N–H and O–H groups in total. The first-order valence-electron chi connectivity index (χ1n) is 6.79. The van der Waals surface area contributed by atoms with Crippen molar-refractivity contribution in [3.63, 3.8) is 0 Å². The van der Waals surface area contributed by atoms with Crippen molar-refractivity contribution in [1.82, 2.24) is 0 Å². The average Bonchev–Trinajstić information content (AvgIpc) is 2.48. The van der Waals surface area contributed by atoms with Crippen molar-refractivity contribution in [2.45, 2.75) is 19.9 Å². The predicted octanol–water partition coefficient (Wildman–Crippen LogP) is 4.84. The molecule has 1 atom stereocenters. The molecule has 0 aliphatic rings. The molecule has 112 valence electrons. The maximum absolute atomic E-state index is 6.19. The van der Waals surface area contributed by atoms with Crippen LogP contribution in [0.5, 0.6) is 11.5 Å². The Labute approximate surface area is 130 Å². The molecule has 0 spiro atoms. The van der Waals surface area contributed by atoms with Crippen molar-refractivity contribution in [3.8, 4) is 11.5 Å². The van der Waals surface area contributed by atoms with E-state index in [1.165, 1.54) is 11.1 Å². The molecule has 0 bridgehead atoms. The van der Waals surface area contributed by atoms with Gasteiger partial charge < -0.3 is 14.8 Å². The molecule has 0 fully saturated rings. The molecule has 0 aromatic heterocycles. The van der Waals surface area contributed by atoms with Gasteiger partial charge in [-0.1, -0.05) is 41.4 Å². The third kappa shape index (κ3) is 3.61. The number of aryl methyl sites for hydroxylation is 1. The number of hydrogen-bond donors (Lipinski definition) is 1. The molecule has 0 radical (unpaired) electrons. The van der Waals surface area contributed by atoms with Crippen LogP contribution in [-0.2, 0) is 0 Å². The summed E-state index contributed by atoms with van der Waals surface area (Å²) in [5, 5.41) is 3.98. The van der Waals surface area contributed by atoms with Crippen molar-refractivity contribution in [2.24, 2.45) is 0 Å². The number of halogens is 1.